The minimum Gasteiger partial charge on any atom is -0.506 e. The Morgan fingerprint density at radius 1 is 1.28 bits per heavy atom. The van der Waals surface area contributed by atoms with Crippen molar-refractivity contribution in [1.82, 2.24) is 4.57 Å². The zero-order valence-corrected chi connectivity index (χ0v) is 14.8. The predicted molar refractivity (Wildman–Crippen MR) is 101 cm³/mol. The van der Waals surface area contributed by atoms with Crippen LogP contribution in [0.15, 0.2) is 69.9 Å². The fraction of sp³-hybridized carbons (Fsp3) is 0.158. The molecule has 0 amide bonds. The molecule has 0 saturated carbocycles. The van der Waals surface area contributed by atoms with Crippen LogP contribution in [0.2, 0.25) is 0 Å². The molecule has 1 aromatic heterocycles. The van der Waals surface area contributed by atoms with Crippen molar-refractivity contribution in [1.29, 1.82) is 0 Å². The predicted octanol–water partition coefficient (Wildman–Crippen LogP) is 4.22. The van der Waals surface area contributed by atoms with E-state index in [4.69, 9.17) is 4.74 Å². The maximum absolute atomic E-state index is 12.3. The van der Waals surface area contributed by atoms with Crippen molar-refractivity contribution in [3.8, 4) is 0 Å². The lowest BCUT2D eigenvalue weighted by Gasteiger charge is -2.03. The molecular formula is C19H18N2O3S. The summed E-state index contributed by atoms with van der Waals surface area (Å²) < 4.78 is 7.02. The standard InChI is InChI=1S/C19H18N2O3S/c1-3-24-19(23)16-17(22)15(12-14-10-7-11-21(14)2)25-18(16)20-13-8-5-4-6-9-13/h4-12,22H,3H2,1-2H3/b15-12+,20-18?. The van der Waals surface area contributed by atoms with Gasteiger partial charge in [0.05, 0.1) is 17.2 Å². The molecule has 0 spiro atoms. The van der Waals surface area contributed by atoms with Crippen molar-refractivity contribution in [2.24, 2.45) is 12.0 Å². The van der Waals surface area contributed by atoms with Crippen LogP contribution >= 0.6 is 11.8 Å². The van der Waals surface area contributed by atoms with E-state index in [0.717, 1.165) is 5.69 Å². The first-order chi connectivity index (χ1) is 12.1. The van der Waals surface area contributed by atoms with Gasteiger partial charge in [0.1, 0.15) is 16.4 Å². The summed E-state index contributed by atoms with van der Waals surface area (Å²) >= 11 is 1.26. The Morgan fingerprint density at radius 3 is 2.68 bits per heavy atom. The molecule has 25 heavy (non-hydrogen) atoms. The van der Waals surface area contributed by atoms with E-state index in [9.17, 15) is 9.90 Å². The van der Waals surface area contributed by atoms with Crippen LogP contribution < -0.4 is 0 Å². The van der Waals surface area contributed by atoms with Gasteiger partial charge < -0.3 is 14.4 Å². The number of esters is 1. The molecule has 2 heterocycles. The summed E-state index contributed by atoms with van der Waals surface area (Å²) in [6.07, 6.45) is 3.74. The zero-order valence-electron chi connectivity index (χ0n) is 14.0. The molecule has 128 valence electrons. The van der Waals surface area contributed by atoms with Crippen LogP contribution in [0, 0.1) is 0 Å². The van der Waals surface area contributed by atoms with Crippen LogP contribution in [0.3, 0.4) is 0 Å². The van der Waals surface area contributed by atoms with E-state index in [-0.39, 0.29) is 17.9 Å². The molecule has 0 saturated heterocycles. The maximum Gasteiger partial charge on any atom is 0.344 e. The number of rotatable bonds is 4. The number of aliphatic imine (C=N–C) groups is 1. The summed E-state index contributed by atoms with van der Waals surface area (Å²) in [6, 6.07) is 13.2. The number of thioether (sulfide) groups is 1. The lowest BCUT2D eigenvalue weighted by atomic mass is 10.2. The number of para-hydroxylation sites is 1. The number of hydrogen-bond donors (Lipinski definition) is 1. The SMILES string of the molecule is CCOC(=O)C1=C(O)/C(=C\c2cccn2C)SC1=Nc1ccccc1. The van der Waals surface area contributed by atoms with E-state index in [1.54, 1.807) is 6.92 Å². The van der Waals surface area contributed by atoms with Gasteiger partial charge in [-0.1, -0.05) is 30.0 Å². The number of aliphatic hydroxyl groups excluding tert-OH is 1. The van der Waals surface area contributed by atoms with Gasteiger partial charge in [0.25, 0.3) is 0 Å². The third-order valence-electron chi connectivity index (χ3n) is 3.62. The van der Waals surface area contributed by atoms with Crippen LogP contribution in [0.5, 0.6) is 0 Å². The van der Waals surface area contributed by atoms with Crippen molar-refractivity contribution in [3.63, 3.8) is 0 Å². The van der Waals surface area contributed by atoms with Gasteiger partial charge in [-0.15, -0.1) is 0 Å². The molecule has 5 nitrogen and oxygen atoms in total. The van der Waals surface area contributed by atoms with Gasteiger partial charge in [-0.05, 0) is 37.3 Å². The molecule has 6 heteroatoms. The maximum atomic E-state index is 12.3. The van der Waals surface area contributed by atoms with Gasteiger partial charge in [0.2, 0.25) is 0 Å². The van der Waals surface area contributed by atoms with Crippen LogP contribution in [-0.4, -0.2) is 27.3 Å². The smallest absolute Gasteiger partial charge is 0.344 e. The number of aliphatic hydroxyl groups is 1. The molecule has 0 unspecified atom stereocenters. The molecular weight excluding hydrogens is 336 g/mol. The van der Waals surface area contributed by atoms with Crippen LogP contribution in [0.25, 0.3) is 6.08 Å². The van der Waals surface area contributed by atoms with Gasteiger partial charge in [0.15, 0.2) is 0 Å². The summed E-state index contributed by atoms with van der Waals surface area (Å²) in [6.45, 7) is 1.96. The summed E-state index contributed by atoms with van der Waals surface area (Å²) in [5, 5.41) is 11.0. The van der Waals surface area contributed by atoms with E-state index in [2.05, 4.69) is 4.99 Å². The summed E-state index contributed by atoms with van der Waals surface area (Å²) in [7, 11) is 1.91. The highest BCUT2D eigenvalue weighted by molar-refractivity contribution is 8.18. The Hall–Kier alpha value is -2.73. The summed E-state index contributed by atoms with van der Waals surface area (Å²) in [4.78, 5) is 17.4. The molecule has 1 aliphatic heterocycles. The molecule has 0 radical (unpaired) electrons. The average molecular weight is 354 g/mol. The number of carbonyl (C=O) groups excluding carboxylic acids is 1. The van der Waals surface area contributed by atoms with Gasteiger partial charge in [-0.25, -0.2) is 9.79 Å². The molecule has 0 bridgehead atoms. The van der Waals surface area contributed by atoms with E-state index in [0.29, 0.717) is 15.6 Å². The fourth-order valence-electron chi connectivity index (χ4n) is 2.37. The number of nitrogens with zero attached hydrogens (tertiary/aromatic N) is 2. The number of hydrogen-bond acceptors (Lipinski definition) is 5. The van der Waals surface area contributed by atoms with E-state index in [1.165, 1.54) is 11.8 Å². The van der Waals surface area contributed by atoms with E-state index < -0.39 is 5.97 Å². The number of carbonyl (C=O) groups is 1. The van der Waals surface area contributed by atoms with Gasteiger partial charge in [-0.2, -0.15) is 0 Å². The summed E-state index contributed by atoms with van der Waals surface area (Å²) in [5.74, 6) is -0.670. The van der Waals surface area contributed by atoms with Crippen LogP contribution in [-0.2, 0) is 16.6 Å². The van der Waals surface area contributed by atoms with E-state index >= 15 is 0 Å². The molecule has 0 aliphatic carbocycles. The second-order valence-corrected chi connectivity index (χ2v) is 6.38. The molecule has 1 N–H and O–H groups in total. The zero-order chi connectivity index (χ0) is 17.8. The second kappa shape index (κ2) is 7.44. The second-order valence-electron chi connectivity index (χ2n) is 5.35. The van der Waals surface area contributed by atoms with Crippen molar-refractivity contribution < 1.29 is 14.6 Å². The quantitative estimate of drug-likeness (QED) is 0.835. The Morgan fingerprint density at radius 2 is 2.04 bits per heavy atom. The van der Waals surface area contributed by atoms with Crippen molar-refractivity contribution >= 4 is 34.5 Å². The Balaban J connectivity index is 2.04. The molecule has 0 fully saturated rings. The van der Waals surface area contributed by atoms with Gasteiger partial charge in [0, 0.05) is 18.9 Å². The highest BCUT2D eigenvalue weighted by Gasteiger charge is 2.33. The number of aryl methyl sites for hydroxylation is 1. The van der Waals surface area contributed by atoms with E-state index in [1.807, 2.05) is 66.4 Å². The fourth-order valence-corrected chi connectivity index (χ4v) is 3.39. The van der Waals surface area contributed by atoms with Crippen molar-refractivity contribution in [3.05, 3.63) is 70.6 Å². The first-order valence-corrected chi connectivity index (χ1v) is 8.67. The van der Waals surface area contributed by atoms with Crippen molar-refractivity contribution in [2.45, 2.75) is 6.92 Å². The Labute approximate surface area is 150 Å². The molecule has 1 aliphatic rings. The topological polar surface area (TPSA) is 63.8 Å². The Bertz CT molecular complexity index is 879. The van der Waals surface area contributed by atoms with Gasteiger partial charge in [-0.3, -0.25) is 0 Å². The number of aromatic nitrogens is 1. The van der Waals surface area contributed by atoms with Crippen molar-refractivity contribution in [2.75, 3.05) is 6.61 Å². The highest BCUT2D eigenvalue weighted by Crippen LogP contribution is 2.40. The average Bonchev–Trinajstić information content (AvgIpc) is 3.13. The third-order valence-corrected chi connectivity index (χ3v) is 4.64. The third kappa shape index (κ3) is 3.69. The van der Waals surface area contributed by atoms with Crippen LogP contribution in [0.1, 0.15) is 12.6 Å². The lowest BCUT2D eigenvalue weighted by molar-refractivity contribution is -0.138. The molecule has 0 atom stereocenters. The minimum atomic E-state index is -0.572. The van der Waals surface area contributed by atoms with Gasteiger partial charge >= 0.3 is 5.97 Å². The lowest BCUT2D eigenvalue weighted by Crippen LogP contribution is -2.12. The van der Waals surface area contributed by atoms with Crippen LogP contribution in [0.4, 0.5) is 5.69 Å². The Kier molecular flexibility index (Phi) is 5.09. The molecule has 1 aromatic carbocycles. The molecule has 2 aromatic rings. The monoisotopic (exact) mass is 354 g/mol. The number of benzene rings is 1. The first kappa shape index (κ1) is 17.1. The number of ether oxygens (including phenoxy) is 1. The highest BCUT2D eigenvalue weighted by atomic mass is 32.2. The normalized spacial score (nSPS) is 17.5. The largest absolute Gasteiger partial charge is 0.506 e. The first-order valence-electron chi connectivity index (χ1n) is 7.86. The minimum absolute atomic E-state index is 0.0978. The molecule has 3 rings (SSSR count). The summed E-state index contributed by atoms with van der Waals surface area (Å²) in [5.41, 5.74) is 1.73.